The predicted molar refractivity (Wildman–Crippen MR) is 70.6 cm³/mol. The van der Waals surface area contributed by atoms with E-state index in [1.807, 2.05) is 19.9 Å². The number of hydrogen-bond acceptors (Lipinski definition) is 0. The van der Waals surface area contributed by atoms with Gasteiger partial charge >= 0.3 is 0 Å². The van der Waals surface area contributed by atoms with E-state index in [1.165, 1.54) is 12.0 Å². The molecule has 0 rings (SSSR count). The summed E-state index contributed by atoms with van der Waals surface area (Å²) < 4.78 is 0. The minimum atomic E-state index is 1.09. The molecule has 82 valence electrons. The van der Waals surface area contributed by atoms with Crippen molar-refractivity contribution in [1.29, 1.82) is 0 Å². The summed E-state index contributed by atoms with van der Waals surface area (Å²) in [6.07, 6.45) is 7.39. The summed E-state index contributed by atoms with van der Waals surface area (Å²) in [5.74, 6) is 0. The molecule has 0 amide bonds. The van der Waals surface area contributed by atoms with Crippen molar-refractivity contribution in [1.82, 2.24) is 0 Å². The highest BCUT2D eigenvalue weighted by Gasteiger charge is 1.75. The van der Waals surface area contributed by atoms with Crippen LogP contribution in [0.25, 0.3) is 0 Å². The SMILES string of the molecule is C=C.C=C(C)/C=C\C(C)=C/C.CCC. The van der Waals surface area contributed by atoms with Crippen LogP contribution < -0.4 is 0 Å². The fourth-order valence-corrected chi connectivity index (χ4v) is 0.370. The Bertz CT molecular complexity index is 170. The van der Waals surface area contributed by atoms with Crippen LogP contribution >= 0.6 is 0 Å². The molecule has 0 aliphatic carbocycles. The van der Waals surface area contributed by atoms with Gasteiger partial charge in [0.05, 0.1) is 0 Å². The molecule has 0 aliphatic heterocycles. The first-order valence-electron chi connectivity index (χ1n) is 5.04. The first kappa shape index (κ1) is 18.7. The van der Waals surface area contributed by atoms with E-state index in [4.69, 9.17) is 0 Å². The van der Waals surface area contributed by atoms with Gasteiger partial charge in [-0.15, -0.1) is 13.2 Å². The Balaban J connectivity index is -0.000000205. The summed E-state index contributed by atoms with van der Waals surface area (Å²) in [5, 5.41) is 0. The molecule has 0 aliphatic rings. The summed E-state index contributed by atoms with van der Waals surface area (Å²) in [6, 6.07) is 0. The average molecular weight is 194 g/mol. The number of hydrogen-bond donors (Lipinski definition) is 0. The van der Waals surface area contributed by atoms with Gasteiger partial charge in [-0.2, -0.15) is 0 Å². The maximum Gasteiger partial charge on any atom is -0.0401 e. The molecule has 0 aromatic heterocycles. The van der Waals surface area contributed by atoms with E-state index in [1.54, 1.807) is 0 Å². The van der Waals surface area contributed by atoms with E-state index in [9.17, 15) is 0 Å². The predicted octanol–water partition coefficient (Wildman–Crippen LogP) is 5.30. The largest absolute Gasteiger partial charge is 0.106 e. The second kappa shape index (κ2) is 17.9. The third-order valence-corrected chi connectivity index (χ3v) is 1.09. The average Bonchev–Trinajstić information content (AvgIpc) is 2.18. The lowest BCUT2D eigenvalue weighted by Gasteiger charge is -1.86. The zero-order chi connectivity index (χ0) is 12.0. The lowest BCUT2D eigenvalue weighted by atomic mass is 10.2. The monoisotopic (exact) mass is 194 g/mol. The number of allylic oxidation sites excluding steroid dienone is 5. The third kappa shape index (κ3) is 30.6. The van der Waals surface area contributed by atoms with Crippen molar-refractivity contribution in [3.63, 3.8) is 0 Å². The second-order valence-electron chi connectivity index (χ2n) is 2.92. The molecule has 0 atom stereocenters. The van der Waals surface area contributed by atoms with Crippen molar-refractivity contribution in [3.8, 4) is 0 Å². The van der Waals surface area contributed by atoms with Crippen LogP contribution in [0.15, 0.2) is 49.1 Å². The second-order valence-corrected chi connectivity index (χ2v) is 2.92. The molecular formula is C14H26. The lowest BCUT2D eigenvalue weighted by molar-refractivity contribution is 1.09. The van der Waals surface area contributed by atoms with Gasteiger partial charge in [-0.05, 0) is 20.8 Å². The molecule has 0 heteroatoms. The smallest absolute Gasteiger partial charge is 0.0401 e. The first-order chi connectivity index (χ1) is 6.58. The third-order valence-electron chi connectivity index (χ3n) is 1.09. The molecule has 0 N–H and O–H groups in total. The van der Waals surface area contributed by atoms with Crippen molar-refractivity contribution < 1.29 is 0 Å². The quantitative estimate of drug-likeness (QED) is 0.413. The standard InChI is InChI=1S/C9H14.C3H8.C2H4/c1-5-9(4)7-6-8(2)3;1-3-2;1-2/h5-7H,2H2,1,3-4H3;3H2,1-2H3;1-2H2/b7-6-,9-5-;;. The van der Waals surface area contributed by atoms with Crippen molar-refractivity contribution in [2.24, 2.45) is 0 Å². The fraction of sp³-hybridized carbons (Fsp3) is 0.429. The zero-order valence-corrected chi connectivity index (χ0v) is 10.6. The molecule has 0 saturated heterocycles. The van der Waals surface area contributed by atoms with Crippen LogP contribution in [0.2, 0.25) is 0 Å². The van der Waals surface area contributed by atoms with E-state index in [2.05, 4.69) is 52.7 Å². The van der Waals surface area contributed by atoms with Gasteiger partial charge in [0.25, 0.3) is 0 Å². The van der Waals surface area contributed by atoms with Gasteiger partial charge in [0.15, 0.2) is 0 Å². The highest BCUT2D eigenvalue weighted by Crippen LogP contribution is 1.97. The Morgan fingerprint density at radius 2 is 1.43 bits per heavy atom. The zero-order valence-electron chi connectivity index (χ0n) is 10.6. The molecule has 0 bridgehead atoms. The van der Waals surface area contributed by atoms with E-state index in [-0.39, 0.29) is 0 Å². The maximum atomic E-state index is 3.75. The Hall–Kier alpha value is -1.04. The molecule has 0 heterocycles. The van der Waals surface area contributed by atoms with Crippen LogP contribution in [0.3, 0.4) is 0 Å². The Morgan fingerprint density at radius 1 is 1.07 bits per heavy atom. The molecule has 0 fully saturated rings. The minimum absolute atomic E-state index is 1.09. The van der Waals surface area contributed by atoms with Crippen LogP contribution in [-0.2, 0) is 0 Å². The summed E-state index contributed by atoms with van der Waals surface area (Å²) >= 11 is 0. The van der Waals surface area contributed by atoms with Gasteiger partial charge < -0.3 is 0 Å². The van der Waals surface area contributed by atoms with Crippen molar-refractivity contribution in [2.45, 2.75) is 41.0 Å². The van der Waals surface area contributed by atoms with Crippen LogP contribution in [0, 0.1) is 0 Å². The molecule has 0 unspecified atom stereocenters. The van der Waals surface area contributed by atoms with Gasteiger partial charge in [0, 0.05) is 0 Å². The Kier molecular flexibility index (Phi) is 23.9. The highest BCUT2D eigenvalue weighted by molar-refractivity contribution is 5.22. The molecule has 0 spiro atoms. The fourth-order valence-electron chi connectivity index (χ4n) is 0.370. The summed E-state index contributed by atoms with van der Waals surface area (Å²) in [7, 11) is 0. The van der Waals surface area contributed by atoms with Gasteiger partial charge in [-0.25, -0.2) is 0 Å². The van der Waals surface area contributed by atoms with E-state index < -0.39 is 0 Å². The molecule has 0 saturated carbocycles. The Morgan fingerprint density at radius 3 is 1.64 bits per heavy atom. The summed E-state index contributed by atoms with van der Waals surface area (Å²) in [6.45, 7) is 20.1. The molecule has 0 radical (unpaired) electrons. The molecule has 0 nitrogen and oxygen atoms in total. The van der Waals surface area contributed by atoms with E-state index >= 15 is 0 Å². The minimum Gasteiger partial charge on any atom is -0.106 e. The molecular weight excluding hydrogens is 168 g/mol. The van der Waals surface area contributed by atoms with E-state index in [0.29, 0.717) is 0 Å². The van der Waals surface area contributed by atoms with Crippen LogP contribution in [0.1, 0.15) is 41.0 Å². The van der Waals surface area contributed by atoms with Crippen LogP contribution in [-0.4, -0.2) is 0 Å². The Labute approximate surface area is 90.7 Å². The lowest BCUT2D eigenvalue weighted by Crippen LogP contribution is -1.65. The van der Waals surface area contributed by atoms with Crippen LogP contribution in [0.4, 0.5) is 0 Å². The number of rotatable bonds is 2. The first-order valence-corrected chi connectivity index (χ1v) is 5.04. The normalized spacial score (nSPS) is 9.64. The van der Waals surface area contributed by atoms with Crippen LogP contribution in [0.5, 0.6) is 0 Å². The summed E-state index contributed by atoms with van der Waals surface area (Å²) in [5.41, 5.74) is 2.37. The van der Waals surface area contributed by atoms with E-state index in [0.717, 1.165) is 5.57 Å². The van der Waals surface area contributed by atoms with Crippen molar-refractivity contribution in [3.05, 3.63) is 49.1 Å². The topological polar surface area (TPSA) is 0 Å². The van der Waals surface area contributed by atoms with Gasteiger partial charge in [-0.3, -0.25) is 0 Å². The maximum absolute atomic E-state index is 3.75. The van der Waals surface area contributed by atoms with Gasteiger partial charge in [-0.1, -0.05) is 56.2 Å². The molecule has 0 aromatic carbocycles. The van der Waals surface area contributed by atoms with Crippen molar-refractivity contribution in [2.75, 3.05) is 0 Å². The summed E-state index contributed by atoms with van der Waals surface area (Å²) in [4.78, 5) is 0. The van der Waals surface area contributed by atoms with Gasteiger partial charge in [0.2, 0.25) is 0 Å². The van der Waals surface area contributed by atoms with Gasteiger partial charge in [0.1, 0.15) is 0 Å². The van der Waals surface area contributed by atoms with Crippen molar-refractivity contribution >= 4 is 0 Å². The molecule has 0 aromatic rings. The molecule has 14 heavy (non-hydrogen) atoms. The highest BCUT2D eigenvalue weighted by atomic mass is 13.8.